The van der Waals surface area contributed by atoms with E-state index in [1.807, 2.05) is 28.6 Å². The van der Waals surface area contributed by atoms with E-state index in [0.717, 1.165) is 29.0 Å². The Hall–Kier alpha value is -2.48. The van der Waals surface area contributed by atoms with Crippen LogP contribution in [0, 0.1) is 6.92 Å². The van der Waals surface area contributed by atoms with Gasteiger partial charge in [-0.25, -0.2) is 19.5 Å². The molecule has 4 rings (SSSR count). The second kappa shape index (κ2) is 6.20. The van der Waals surface area contributed by atoms with Crippen molar-refractivity contribution in [2.45, 2.75) is 25.0 Å². The number of carbonyl (C=O) groups is 1. The summed E-state index contributed by atoms with van der Waals surface area (Å²) in [6.45, 7) is 3.23. The largest absolute Gasteiger partial charge is 0.337 e. The minimum atomic E-state index is 0.0924. The van der Waals surface area contributed by atoms with Gasteiger partial charge in [-0.3, -0.25) is 4.79 Å². The van der Waals surface area contributed by atoms with Crippen LogP contribution in [0.1, 0.15) is 17.0 Å². The molecule has 122 valence electrons. The van der Waals surface area contributed by atoms with Gasteiger partial charge in [0.15, 0.2) is 10.8 Å². The topological polar surface area (TPSA) is 76.3 Å². The van der Waals surface area contributed by atoms with Crippen LogP contribution < -0.4 is 0 Å². The van der Waals surface area contributed by atoms with Crippen molar-refractivity contribution in [1.82, 2.24) is 29.5 Å². The van der Waals surface area contributed by atoms with Gasteiger partial charge in [0, 0.05) is 49.7 Å². The standard InChI is InChI=1S/C16H16N6OS/c1-11-7-14-19-8-12-9-21(6-3-13(12)22(14)20-11)15(23)10-24-16-17-4-2-5-18-16/h2,4-5,7-8H,3,6,9-10H2,1H3. The first-order valence-corrected chi connectivity index (χ1v) is 8.70. The molecule has 0 saturated heterocycles. The molecule has 0 atom stereocenters. The number of thioether (sulfide) groups is 1. The molecular formula is C16H16N6OS. The zero-order valence-electron chi connectivity index (χ0n) is 13.2. The summed E-state index contributed by atoms with van der Waals surface area (Å²) >= 11 is 1.36. The molecule has 8 heteroatoms. The molecule has 1 amide bonds. The summed E-state index contributed by atoms with van der Waals surface area (Å²) in [6, 6.07) is 3.73. The number of hydrogen-bond acceptors (Lipinski definition) is 6. The van der Waals surface area contributed by atoms with Gasteiger partial charge in [0.1, 0.15) is 0 Å². The molecule has 0 saturated carbocycles. The number of aryl methyl sites for hydroxylation is 1. The van der Waals surface area contributed by atoms with Crippen molar-refractivity contribution in [2.24, 2.45) is 0 Å². The lowest BCUT2D eigenvalue weighted by Gasteiger charge is -2.28. The van der Waals surface area contributed by atoms with Crippen molar-refractivity contribution in [2.75, 3.05) is 12.3 Å². The van der Waals surface area contributed by atoms with Crippen LogP contribution in [0.25, 0.3) is 5.65 Å². The Morgan fingerprint density at radius 3 is 2.96 bits per heavy atom. The fourth-order valence-electron chi connectivity index (χ4n) is 2.85. The monoisotopic (exact) mass is 340 g/mol. The van der Waals surface area contributed by atoms with Gasteiger partial charge >= 0.3 is 0 Å². The highest BCUT2D eigenvalue weighted by molar-refractivity contribution is 7.99. The summed E-state index contributed by atoms with van der Waals surface area (Å²) in [7, 11) is 0. The van der Waals surface area contributed by atoms with E-state index < -0.39 is 0 Å². The van der Waals surface area contributed by atoms with Crippen LogP contribution in [0.2, 0.25) is 0 Å². The molecule has 1 aliphatic rings. The van der Waals surface area contributed by atoms with Gasteiger partial charge in [0.05, 0.1) is 17.1 Å². The summed E-state index contributed by atoms with van der Waals surface area (Å²) in [5.74, 6) is 0.436. The number of aromatic nitrogens is 5. The Kier molecular flexibility index (Phi) is 3.89. The average Bonchev–Trinajstić information content (AvgIpc) is 3.00. The van der Waals surface area contributed by atoms with Gasteiger partial charge in [-0.2, -0.15) is 5.10 Å². The van der Waals surface area contributed by atoms with E-state index in [4.69, 9.17) is 0 Å². The van der Waals surface area contributed by atoms with Gasteiger partial charge in [-0.05, 0) is 13.0 Å². The van der Waals surface area contributed by atoms with Crippen LogP contribution >= 0.6 is 11.8 Å². The number of carbonyl (C=O) groups excluding carboxylic acids is 1. The van der Waals surface area contributed by atoms with Crippen molar-refractivity contribution in [3.05, 3.63) is 47.7 Å². The second-order valence-corrected chi connectivity index (χ2v) is 6.61. The molecule has 3 aromatic rings. The first-order valence-electron chi connectivity index (χ1n) is 7.71. The summed E-state index contributed by atoms with van der Waals surface area (Å²) < 4.78 is 1.90. The average molecular weight is 340 g/mol. The quantitative estimate of drug-likeness (QED) is 0.531. The molecule has 3 aromatic heterocycles. The van der Waals surface area contributed by atoms with Crippen LogP contribution in [0.5, 0.6) is 0 Å². The summed E-state index contributed by atoms with van der Waals surface area (Å²) in [5, 5.41) is 5.13. The zero-order chi connectivity index (χ0) is 16.5. The van der Waals surface area contributed by atoms with Crippen LogP contribution in [-0.4, -0.2) is 47.7 Å². The lowest BCUT2D eigenvalue weighted by atomic mass is 10.1. The summed E-state index contributed by atoms with van der Waals surface area (Å²) in [5.41, 5.74) is 4.03. The molecular weight excluding hydrogens is 324 g/mol. The first kappa shape index (κ1) is 15.1. The zero-order valence-corrected chi connectivity index (χ0v) is 14.0. The highest BCUT2D eigenvalue weighted by Crippen LogP contribution is 2.21. The van der Waals surface area contributed by atoms with Gasteiger partial charge in [-0.15, -0.1) is 0 Å². The number of hydrogen-bond donors (Lipinski definition) is 0. The molecule has 4 heterocycles. The SMILES string of the molecule is Cc1cc2ncc3c(n2n1)CCN(C(=O)CSc1ncccn1)C3. The van der Waals surface area contributed by atoms with Gasteiger partial charge < -0.3 is 4.90 Å². The van der Waals surface area contributed by atoms with Gasteiger partial charge in [-0.1, -0.05) is 11.8 Å². The Labute approximate surface area is 143 Å². The number of rotatable bonds is 3. The van der Waals surface area contributed by atoms with E-state index in [0.29, 0.717) is 24.0 Å². The molecule has 0 unspecified atom stereocenters. The molecule has 0 bridgehead atoms. The Balaban J connectivity index is 1.47. The van der Waals surface area contributed by atoms with E-state index >= 15 is 0 Å². The highest BCUT2D eigenvalue weighted by Gasteiger charge is 2.23. The summed E-state index contributed by atoms with van der Waals surface area (Å²) in [6.07, 6.45) is 6.01. The first-order chi connectivity index (χ1) is 11.7. The maximum atomic E-state index is 12.5. The smallest absolute Gasteiger partial charge is 0.233 e. The Bertz CT molecular complexity index is 894. The maximum absolute atomic E-state index is 12.5. The van der Waals surface area contributed by atoms with E-state index in [1.54, 1.807) is 18.5 Å². The molecule has 0 fully saturated rings. The predicted octanol–water partition coefficient (Wildman–Crippen LogP) is 1.50. The van der Waals surface area contributed by atoms with Crippen molar-refractivity contribution in [3.8, 4) is 0 Å². The van der Waals surface area contributed by atoms with Gasteiger partial charge in [0.2, 0.25) is 5.91 Å². The van der Waals surface area contributed by atoms with E-state index in [1.165, 1.54) is 11.8 Å². The van der Waals surface area contributed by atoms with Crippen LogP contribution in [-0.2, 0) is 17.8 Å². The highest BCUT2D eigenvalue weighted by atomic mass is 32.2. The van der Waals surface area contributed by atoms with Crippen molar-refractivity contribution in [3.63, 3.8) is 0 Å². The fraction of sp³-hybridized carbons (Fsp3) is 0.312. The van der Waals surface area contributed by atoms with E-state index in [9.17, 15) is 4.79 Å². The second-order valence-electron chi connectivity index (χ2n) is 5.67. The summed E-state index contributed by atoms with van der Waals surface area (Å²) in [4.78, 5) is 27.0. The molecule has 0 aliphatic carbocycles. The predicted molar refractivity (Wildman–Crippen MR) is 89.6 cm³/mol. The van der Waals surface area contributed by atoms with Crippen LogP contribution in [0.3, 0.4) is 0 Å². The van der Waals surface area contributed by atoms with Crippen molar-refractivity contribution >= 4 is 23.3 Å². The molecule has 0 N–H and O–H groups in total. The van der Waals surface area contributed by atoms with Crippen LogP contribution in [0.15, 0.2) is 35.9 Å². The lowest BCUT2D eigenvalue weighted by Crippen LogP contribution is -2.38. The maximum Gasteiger partial charge on any atom is 0.233 e. The molecule has 0 radical (unpaired) electrons. The number of fused-ring (bicyclic) bond motifs is 3. The van der Waals surface area contributed by atoms with E-state index in [-0.39, 0.29) is 5.91 Å². The van der Waals surface area contributed by atoms with E-state index in [2.05, 4.69) is 20.1 Å². The fourth-order valence-corrected chi connectivity index (χ4v) is 3.55. The minimum absolute atomic E-state index is 0.0924. The molecule has 1 aliphatic heterocycles. The third kappa shape index (κ3) is 2.84. The lowest BCUT2D eigenvalue weighted by molar-refractivity contribution is -0.129. The normalized spacial score (nSPS) is 14.0. The number of amides is 1. The molecule has 7 nitrogen and oxygen atoms in total. The number of nitrogens with zero attached hydrogens (tertiary/aromatic N) is 6. The molecule has 0 spiro atoms. The molecule has 0 aromatic carbocycles. The minimum Gasteiger partial charge on any atom is -0.337 e. The third-order valence-electron chi connectivity index (χ3n) is 3.99. The third-order valence-corrected chi connectivity index (χ3v) is 4.85. The van der Waals surface area contributed by atoms with Crippen LogP contribution in [0.4, 0.5) is 0 Å². The Morgan fingerprint density at radius 1 is 1.29 bits per heavy atom. The Morgan fingerprint density at radius 2 is 2.12 bits per heavy atom. The van der Waals surface area contributed by atoms with Crippen molar-refractivity contribution in [1.29, 1.82) is 0 Å². The van der Waals surface area contributed by atoms with Gasteiger partial charge in [0.25, 0.3) is 0 Å². The van der Waals surface area contributed by atoms with Crippen molar-refractivity contribution < 1.29 is 4.79 Å². The molecule has 24 heavy (non-hydrogen) atoms.